The Morgan fingerprint density at radius 1 is 1.40 bits per heavy atom. The van der Waals surface area contributed by atoms with Crippen molar-refractivity contribution < 1.29 is 9.53 Å². The zero-order valence-electron chi connectivity index (χ0n) is 10.6. The van der Waals surface area contributed by atoms with Crippen molar-refractivity contribution in [3.05, 3.63) is 52.1 Å². The third-order valence-corrected chi connectivity index (χ3v) is 3.24. The number of hydrogen-bond acceptors (Lipinski definition) is 4. The molecule has 5 nitrogen and oxygen atoms in total. The lowest BCUT2D eigenvalue weighted by Crippen LogP contribution is -2.13. The maximum atomic E-state index is 12.2. The molecule has 0 radical (unpaired) electrons. The average molecular weight is 332 g/mol. The number of hydrogen-bond donors (Lipinski definition) is 1. The molecule has 1 N–H and O–H groups in total. The molecule has 1 amide bonds. The third-order valence-electron chi connectivity index (χ3n) is 2.55. The van der Waals surface area contributed by atoms with Gasteiger partial charge in [-0.2, -0.15) is 5.26 Å². The number of nitrogens with one attached hydrogen (secondary N) is 1. The highest BCUT2D eigenvalue weighted by Gasteiger charge is 2.12. The fourth-order valence-electron chi connectivity index (χ4n) is 1.52. The van der Waals surface area contributed by atoms with Gasteiger partial charge in [-0.1, -0.05) is 0 Å². The van der Waals surface area contributed by atoms with Gasteiger partial charge in [-0.3, -0.25) is 4.79 Å². The first kappa shape index (κ1) is 14.0. The summed E-state index contributed by atoms with van der Waals surface area (Å²) in [5.74, 6) is 0.655. The summed E-state index contributed by atoms with van der Waals surface area (Å²) in [7, 11) is 1.53. The minimum atomic E-state index is -0.312. The van der Waals surface area contributed by atoms with Crippen molar-refractivity contribution in [3.63, 3.8) is 0 Å². The maximum Gasteiger partial charge on any atom is 0.258 e. The molecule has 0 bridgehead atoms. The average Bonchev–Trinajstić information content (AvgIpc) is 2.48. The van der Waals surface area contributed by atoms with Crippen LogP contribution in [0.5, 0.6) is 5.75 Å². The Bertz CT molecular complexity index is 678. The molecule has 2 aromatic rings. The van der Waals surface area contributed by atoms with E-state index in [9.17, 15) is 4.79 Å². The molecule has 0 fully saturated rings. The fraction of sp³-hybridized carbons (Fsp3) is 0.0714. The first-order valence-corrected chi connectivity index (χ1v) is 6.44. The number of methoxy groups -OCH3 is 1. The van der Waals surface area contributed by atoms with Gasteiger partial charge in [-0.15, -0.1) is 0 Å². The van der Waals surface area contributed by atoms with Crippen molar-refractivity contribution in [3.8, 4) is 11.8 Å². The van der Waals surface area contributed by atoms with Crippen LogP contribution in [0.4, 0.5) is 5.82 Å². The van der Waals surface area contributed by atoms with E-state index in [-0.39, 0.29) is 5.91 Å². The number of pyridine rings is 1. The largest absolute Gasteiger partial charge is 0.497 e. The van der Waals surface area contributed by atoms with Crippen molar-refractivity contribution in [2.75, 3.05) is 12.4 Å². The topological polar surface area (TPSA) is 75.0 Å². The second-order valence-electron chi connectivity index (χ2n) is 3.84. The molecule has 20 heavy (non-hydrogen) atoms. The highest BCUT2D eigenvalue weighted by molar-refractivity contribution is 9.10. The second kappa shape index (κ2) is 6.17. The van der Waals surface area contributed by atoms with E-state index in [1.807, 2.05) is 6.07 Å². The number of halogens is 1. The van der Waals surface area contributed by atoms with Crippen LogP contribution in [0, 0.1) is 11.3 Å². The van der Waals surface area contributed by atoms with E-state index in [4.69, 9.17) is 10.00 Å². The summed E-state index contributed by atoms with van der Waals surface area (Å²) in [6, 6.07) is 10.2. The van der Waals surface area contributed by atoms with Gasteiger partial charge in [0.1, 0.15) is 17.6 Å². The summed E-state index contributed by atoms with van der Waals surface area (Å²) in [5.41, 5.74) is 0.876. The van der Waals surface area contributed by atoms with Crippen LogP contribution in [0.2, 0.25) is 0 Å². The molecule has 1 aromatic carbocycles. The van der Waals surface area contributed by atoms with E-state index in [2.05, 4.69) is 26.2 Å². The van der Waals surface area contributed by atoms with Crippen LogP contribution in [0.15, 0.2) is 41.0 Å². The number of benzene rings is 1. The first-order valence-electron chi connectivity index (χ1n) is 5.65. The van der Waals surface area contributed by atoms with Crippen LogP contribution in [0.1, 0.15) is 15.9 Å². The Hall–Kier alpha value is -2.39. The molecular weight excluding hydrogens is 322 g/mol. The van der Waals surface area contributed by atoms with E-state index >= 15 is 0 Å². The predicted molar refractivity (Wildman–Crippen MR) is 77.6 cm³/mol. The van der Waals surface area contributed by atoms with Gasteiger partial charge in [0.05, 0.1) is 18.2 Å². The normalized spacial score (nSPS) is 9.65. The molecule has 0 spiro atoms. The van der Waals surface area contributed by atoms with E-state index in [0.717, 1.165) is 0 Å². The molecule has 6 heteroatoms. The minimum Gasteiger partial charge on any atom is -0.497 e. The summed E-state index contributed by atoms with van der Waals surface area (Å²) in [6.07, 6.45) is 1.40. The van der Waals surface area contributed by atoms with Crippen LogP contribution in [0.3, 0.4) is 0 Å². The summed E-state index contributed by atoms with van der Waals surface area (Å²) < 4.78 is 5.74. The monoisotopic (exact) mass is 331 g/mol. The SMILES string of the molecule is COc1ccc(Br)c(C(=O)Nc2ccc(C#N)cn2)c1. The number of nitrogens with zero attached hydrogens (tertiary/aromatic N) is 2. The number of aromatic nitrogens is 1. The highest BCUT2D eigenvalue weighted by Crippen LogP contribution is 2.23. The Balaban J connectivity index is 2.21. The zero-order valence-corrected chi connectivity index (χ0v) is 12.1. The standard InChI is InChI=1S/C14H10BrN3O2/c1-20-10-3-4-12(15)11(6-10)14(19)18-13-5-2-9(7-16)8-17-13/h2-6,8H,1H3,(H,17,18,19). The zero-order chi connectivity index (χ0) is 14.5. The van der Waals surface area contributed by atoms with Gasteiger partial charge in [0, 0.05) is 10.7 Å². The summed E-state index contributed by atoms with van der Waals surface area (Å²) >= 11 is 3.32. The lowest BCUT2D eigenvalue weighted by molar-refractivity contribution is 0.102. The number of ether oxygens (including phenoxy) is 1. The molecule has 0 saturated heterocycles. The molecule has 1 aromatic heterocycles. The maximum absolute atomic E-state index is 12.2. The summed E-state index contributed by atoms with van der Waals surface area (Å²) in [6.45, 7) is 0. The van der Waals surface area contributed by atoms with Crippen LogP contribution < -0.4 is 10.1 Å². The van der Waals surface area contributed by atoms with Crippen molar-refractivity contribution in [2.45, 2.75) is 0 Å². The van der Waals surface area contributed by atoms with Gasteiger partial charge in [0.2, 0.25) is 0 Å². The lowest BCUT2D eigenvalue weighted by atomic mass is 10.2. The Morgan fingerprint density at radius 2 is 2.20 bits per heavy atom. The highest BCUT2D eigenvalue weighted by atomic mass is 79.9. The van der Waals surface area contributed by atoms with Gasteiger partial charge >= 0.3 is 0 Å². The Labute approximate surface area is 124 Å². The number of nitriles is 1. The van der Waals surface area contributed by atoms with Crippen LogP contribution in [-0.4, -0.2) is 18.0 Å². The van der Waals surface area contributed by atoms with E-state index in [1.54, 1.807) is 30.3 Å². The van der Waals surface area contributed by atoms with E-state index < -0.39 is 0 Å². The van der Waals surface area contributed by atoms with E-state index in [1.165, 1.54) is 13.3 Å². The lowest BCUT2D eigenvalue weighted by Gasteiger charge is -2.08. The van der Waals surface area contributed by atoms with Gasteiger partial charge in [-0.25, -0.2) is 4.98 Å². The quantitative estimate of drug-likeness (QED) is 0.938. The molecule has 0 aliphatic rings. The number of anilines is 1. The van der Waals surface area contributed by atoms with Gasteiger partial charge in [-0.05, 0) is 46.3 Å². The Morgan fingerprint density at radius 3 is 2.80 bits per heavy atom. The smallest absolute Gasteiger partial charge is 0.258 e. The molecule has 0 atom stereocenters. The van der Waals surface area contributed by atoms with Crippen LogP contribution in [-0.2, 0) is 0 Å². The number of amides is 1. The van der Waals surface area contributed by atoms with E-state index in [0.29, 0.717) is 27.2 Å². The summed E-state index contributed by atoms with van der Waals surface area (Å²) in [5, 5.41) is 11.3. The molecule has 2 rings (SSSR count). The molecule has 0 saturated carbocycles. The molecule has 0 aliphatic carbocycles. The predicted octanol–water partition coefficient (Wildman–Crippen LogP) is 2.98. The van der Waals surface area contributed by atoms with Gasteiger partial charge in [0.15, 0.2) is 0 Å². The second-order valence-corrected chi connectivity index (χ2v) is 4.70. The van der Waals surface area contributed by atoms with Gasteiger partial charge < -0.3 is 10.1 Å². The molecule has 0 unspecified atom stereocenters. The first-order chi connectivity index (χ1) is 9.63. The third kappa shape index (κ3) is 3.13. The molecule has 100 valence electrons. The molecule has 1 heterocycles. The molecular formula is C14H10BrN3O2. The van der Waals surface area contributed by atoms with Crippen LogP contribution >= 0.6 is 15.9 Å². The van der Waals surface area contributed by atoms with Gasteiger partial charge in [0.25, 0.3) is 5.91 Å². The van der Waals surface area contributed by atoms with Crippen molar-refractivity contribution in [1.29, 1.82) is 5.26 Å². The minimum absolute atomic E-state index is 0.312. The van der Waals surface area contributed by atoms with Crippen molar-refractivity contribution in [2.24, 2.45) is 0 Å². The van der Waals surface area contributed by atoms with Crippen molar-refractivity contribution in [1.82, 2.24) is 4.98 Å². The molecule has 0 aliphatic heterocycles. The summed E-state index contributed by atoms with van der Waals surface area (Å²) in [4.78, 5) is 16.1. The number of carbonyl (C=O) groups is 1. The van der Waals surface area contributed by atoms with Crippen LogP contribution in [0.25, 0.3) is 0 Å². The Kier molecular flexibility index (Phi) is 4.33. The number of carbonyl (C=O) groups excluding carboxylic acids is 1. The fourth-order valence-corrected chi connectivity index (χ4v) is 1.95. The van der Waals surface area contributed by atoms with Crippen molar-refractivity contribution >= 4 is 27.7 Å². The number of rotatable bonds is 3.